The fourth-order valence-corrected chi connectivity index (χ4v) is 1.28. The second-order valence-corrected chi connectivity index (χ2v) is 4.89. The third kappa shape index (κ3) is 3.60. The van der Waals surface area contributed by atoms with Crippen molar-refractivity contribution in [3.05, 3.63) is 24.3 Å². The Balaban J connectivity index is 2.57. The van der Waals surface area contributed by atoms with Crippen molar-refractivity contribution < 1.29 is 31.3 Å². The van der Waals surface area contributed by atoms with E-state index in [0.29, 0.717) is 6.42 Å². The summed E-state index contributed by atoms with van der Waals surface area (Å²) in [5.74, 6) is -1.80. The highest BCUT2D eigenvalue weighted by atomic mass is 32.2. The molecule has 0 saturated heterocycles. The molecule has 0 aromatic heterocycles. The predicted octanol–water partition coefficient (Wildman–Crippen LogP) is 1.14. The highest BCUT2D eigenvalue weighted by Gasteiger charge is 2.45. The molecule has 1 aliphatic carbocycles. The lowest BCUT2D eigenvalue weighted by Crippen LogP contribution is -2.35. The highest BCUT2D eigenvalue weighted by Crippen LogP contribution is 2.21. The van der Waals surface area contributed by atoms with Crippen LogP contribution in [0.15, 0.2) is 24.3 Å². The van der Waals surface area contributed by atoms with Gasteiger partial charge in [0.05, 0.1) is 5.92 Å². The smallest absolute Gasteiger partial charge is 0.402 e. The number of hydrogen-bond acceptors (Lipinski definition) is 4. The summed E-state index contributed by atoms with van der Waals surface area (Å²) in [6.45, 7) is -1.71. The molecule has 0 unspecified atom stereocenters. The summed E-state index contributed by atoms with van der Waals surface area (Å²) in [6, 6.07) is 0. The van der Waals surface area contributed by atoms with E-state index in [9.17, 15) is 22.0 Å². The summed E-state index contributed by atoms with van der Waals surface area (Å²) in [5, 5.41) is -4.50. The Morgan fingerprint density at radius 1 is 1.41 bits per heavy atom. The van der Waals surface area contributed by atoms with E-state index in [0.717, 1.165) is 0 Å². The van der Waals surface area contributed by atoms with Crippen LogP contribution in [0.2, 0.25) is 0 Å². The van der Waals surface area contributed by atoms with Gasteiger partial charge < -0.3 is 4.74 Å². The van der Waals surface area contributed by atoms with Gasteiger partial charge in [0.25, 0.3) is 0 Å². The number of carbonyl (C=O) groups is 1. The summed E-state index contributed by atoms with van der Waals surface area (Å²) in [4.78, 5) is 11.2. The summed E-state index contributed by atoms with van der Waals surface area (Å²) >= 11 is 0. The third-order valence-electron chi connectivity index (χ3n) is 1.99. The van der Waals surface area contributed by atoms with Crippen molar-refractivity contribution >= 4 is 16.1 Å². The lowest BCUT2D eigenvalue weighted by Gasteiger charge is -2.15. The van der Waals surface area contributed by atoms with E-state index in [4.69, 9.17) is 4.55 Å². The van der Waals surface area contributed by atoms with Gasteiger partial charge in [-0.3, -0.25) is 9.35 Å². The molecule has 5 nitrogen and oxygen atoms in total. The van der Waals surface area contributed by atoms with Gasteiger partial charge in [-0.1, -0.05) is 24.3 Å². The average Bonchev–Trinajstić information content (AvgIpc) is 2.25. The second-order valence-electron chi connectivity index (χ2n) is 3.34. The zero-order chi connectivity index (χ0) is 13.1. The van der Waals surface area contributed by atoms with Gasteiger partial charge >= 0.3 is 21.3 Å². The van der Waals surface area contributed by atoms with E-state index in [1.807, 2.05) is 0 Å². The number of rotatable bonds is 4. The molecule has 0 bridgehead atoms. The third-order valence-corrected chi connectivity index (χ3v) is 2.86. The molecular weight excluding hydrogens is 258 g/mol. The average molecular weight is 268 g/mol. The van der Waals surface area contributed by atoms with Crippen molar-refractivity contribution in [3.8, 4) is 0 Å². The summed E-state index contributed by atoms with van der Waals surface area (Å²) in [7, 11) is -5.58. The van der Waals surface area contributed by atoms with E-state index in [1.165, 1.54) is 12.2 Å². The van der Waals surface area contributed by atoms with Crippen LogP contribution in [0.5, 0.6) is 0 Å². The Morgan fingerprint density at radius 2 is 1.94 bits per heavy atom. The monoisotopic (exact) mass is 268 g/mol. The van der Waals surface area contributed by atoms with Crippen LogP contribution in [0.25, 0.3) is 0 Å². The zero-order valence-corrected chi connectivity index (χ0v) is 9.36. The van der Waals surface area contributed by atoms with Crippen LogP contribution in [0.3, 0.4) is 0 Å². The first-order valence-corrected chi connectivity index (χ1v) is 6.03. The van der Waals surface area contributed by atoms with Crippen LogP contribution in [-0.4, -0.2) is 30.8 Å². The molecular formula is C9H10F2O5S. The van der Waals surface area contributed by atoms with Gasteiger partial charge in [0, 0.05) is 0 Å². The number of carbonyl (C=O) groups excluding carboxylic acids is 1. The molecule has 1 aliphatic rings. The van der Waals surface area contributed by atoms with Crippen LogP contribution in [0.1, 0.15) is 6.42 Å². The van der Waals surface area contributed by atoms with Gasteiger partial charge in [0.15, 0.2) is 6.61 Å². The Kier molecular flexibility index (Phi) is 3.99. The van der Waals surface area contributed by atoms with Crippen molar-refractivity contribution in [2.75, 3.05) is 6.61 Å². The standard InChI is InChI=1S/C9H10F2O5S/c10-9(11,17(13,14)15)6-16-8(12)7-4-2-1-3-5-7/h2-5,7H,1,6H2,(H,13,14,15). The van der Waals surface area contributed by atoms with E-state index in [1.54, 1.807) is 12.2 Å². The fourth-order valence-electron chi connectivity index (χ4n) is 1.08. The van der Waals surface area contributed by atoms with Gasteiger partial charge in [-0.2, -0.15) is 17.2 Å². The summed E-state index contributed by atoms with van der Waals surface area (Å²) in [6.07, 6.45) is 6.83. The number of ether oxygens (including phenoxy) is 1. The van der Waals surface area contributed by atoms with Crippen molar-refractivity contribution in [2.45, 2.75) is 11.7 Å². The molecule has 0 aromatic rings. The number of esters is 1. The molecule has 0 atom stereocenters. The van der Waals surface area contributed by atoms with Crippen LogP contribution in [-0.2, 0) is 19.6 Å². The maximum Gasteiger partial charge on any atom is 0.402 e. The largest absolute Gasteiger partial charge is 0.457 e. The number of alkyl halides is 2. The predicted molar refractivity (Wildman–Crippen MR) is 53.8 cm³/mol. The van der Waals surface area contributed by atoms with Crippen LogP contribution < -0.4 is 0 Å². The van der Waals surface area contributed by atoms with E-state index in [-0.39, 0.29) is 0 Å². The molecule has 0 fully saturated rings. The molecule has 0 aliphatic heterocycles. The zero-order valence-electron chi connectivity index (χ0n) is 8.55. The SMILES string of the molecule is O=C(OCC(F)(F)S(=O)(=O)O)C1C=CCC=C1. The molecule has 1 rings (SSSR count). The minimum Gasteiger partial charge on any atom is -0.457 e. The van der Waals surface area contributed by atoms with Gasteiger partial charge in [0.2, 0.25) is 0 Å². The topological polar surface area (TPSA) is 80.7 Å². The van der Waals surface area contributed by atoms with E-state index >= 15 is 0 Å². The van der Waals surface area contributed by atoms with Crippen LogP contribution in [0.4, 0.5) is 8.78 Å². The first kappa shape index (κ1) is 13.8. The Bertz CT molecular complexity index is 440. The number of hydrogen-bond donors (Lipinski definition) is 1. The summed E-state index contributed by atoms with van der Waals surface area (Å²) in [5.41, 5.74) is 0. The maximum absolute atomic E-state index is 12.7. The highest BCUT2D eigenvalue weighted by molar-refractivity contribution is 7.86. The Hall–Kier alpha value is -1.28. The first-order chi connectivity index (χ1) is 7.74. The van der Waals surface area contributed by atoms with Crippen molar-refractivity contribution in [2.24, 2.45) is 5.92 Å². The van der Waals surface area contributed by atoms with Gasteiger partial charge in [-0.05, 0) is 6.42 Å². The number of halogens is 2. The van der Waals surface area contributed by atoms with E-state index < -0.39 is 33.9 Å². The minimum atomic E-state index is -5.58. The molecule has 0 aromatic carbocycles. The quantitative estimate of drug-likeness (QED) is 0.470. The van der Waals surface area contributed by atoms with E-state index in [2.05, 4.69) is 4.74 Å². The van der Waals surface area contributed by atoms with Crippen LogP contribution in [0, 0.1) is 5.92 Å². The normalized spacial score (nSPS) is 17.1. The Morgan fingerprint density at radius 3 is 2.41 bits per heavy atom. The summed E-state index contributed by atoms with van der Waals surface area (Å²) < 4.78 is 58.2. The molecule has 8 heteroatoms. The maximum atomic E-state index is 12.7. The number of allylic oxidation sites excluding steroid dienone is 2. The molecule has 0 saturated carbocycles. The molecule has 0 heterocycles. The van der Waals surface area contributed by atoms with Crippen LogP contribution >= 0.6 is 0 Å². The van der Waals surface area contributed by atoms with Gasteiger partial charge in [-0.25, -0.2) is 0 Å². The molecule has 17 heavy (non-hydrogen) atoms. The lowest BCUT2D eigenvalue weighted by atomic mass is 10.0. The first-order valence-electron chi connectivity index (χ1n) is 4.59. The van der Waals surface area contributed by atoms with Gasteiger partial charge in [0.1, 0.15) is 0 Å². The van der Waals surface area contributed by atoms with Crippen molar-refractivity contribution in [3.63, 3.8) is 0 Å². The van der Waals surface area contributed by atoms with Crippen molar-refractivity contribution in [1.29, 1.82) is 0 Å². The lowest BCUT2D eigenvalue weighted by molar-refractivity contribution is -0.151. The minimum absolute atomic E-state index is 0.630. The van der Waals surface area contributed by atoms with Gasteiger partial charge in [-0.15, -0.1) is 0 Å². The molecule has 0 spiro atoms. The second kappa shape index (κ2) is 4.92. The Labute approximate surface area is 96.5 Å². The molecule has 0 radical (unpaired) electrons. The molecule has 1 N–H and O–H groups in total. The van der Waals surface area contributed by atoms with Crippen molar-refractivity contribution in [1.82, 2.24) is 0 Å². The molecule has 0 amide bonds. The molecule has 96 valence electrons. The fraction of sp³-hybridized carbons (Fsp3) is 0.444.